The van der Waals surface area contributed by atoms with Crippen molar-refractivity contribution in [3.05, 3.63) is 23.8 Å². The molecule has 2 nitrogen and oxygen atoms in total. The maximum Gasteiger partial charge on any atom is 0.0629 e. The molecule has 1 aliphatic rings. The fourth-order valence-electron chi connectivity index (χ4n) is 2.96. The number of nitrogens with zero attached hydrogens (tertiary/aromatic N) is 1. The first-order valence-electron chi connectivity index (χ1n) is 6.18. The van der Waals surface area contributed by atoms with Crippen molar-refractivity contribution < 1.29 is 0 Å². The fourth-order valence-corrected chi connectivity index (χ4v) is 2.96. The molecule has 0 bridgehead atoms. The van der Waals surface area contributed by atoms with Crippen LogP contribution in [0.4, 0.5) is 11.4 Å². The minimum atomic E-state index is 0.766. The third-order valence-electron chi connectivity index (χ3n) is 3.45. The Balaban J connectivity index is 2.29. The highest BCUT2D eigenvalue weighted by atomic mass is 15.2. The summed E-state index contributed by atoms with van der Waals surface area (Å²) >= 11 is 0. The summed E-state index contributed by atoms with van der Waals surface area (Å²) in [6.07, 6.45) is 1.34. The lowest BCUT2D eigenvalue weighted by Gasteiger charge is -2.38. The lowest BCUT2D eigenvalue weighted by molar-refractivity contribution is 0.357. The van der Waals surface area contributed by atoms with E-state index in [1.54, 1.807) is 0 Å². The van der Waals surface area contributed by atoms with Gasteiger partial charge in [-0.25, -0.2) is 0 Å². The Labute approximate surface area is 98.4 Å². The molecule has 2 rings (SSSR count). The molecule has 0 saturated carbocycles. The van der Waals surface area contributed by atoms with Gasteiger partial charge in [0.05, 0.1) is 11.4 Å². The van der Waals surface area contributed by atoms with Gasteiger partial charge >= 0.3 is 0 Å². The monoisotopic (exact) mass is 218 g/mol. The van der Waals surface area contributed by atoms with Crippen LogP contribution in [0.3, 0.4) is 0 Å². The quantitative estimate of drug-likeness (QED) is 0.734. The average molecular weight is 218 g/mol. The van der Waals surface area contributed by atoms with E-state index in [-0.39, 0.29) is 0 Å². The number of hydrogen-bond donors (Lipinski definition) is 1. The van der Waals surface area contributed by atoms with Gasteiger partial charge in [0, 0.05) is 13.1 Å². The van der Waals surface area contributed by atoms with Crippen LogP contribution in [0.15, 0.2) is 18.2 Å². The minimum absolute atomic E-state index is 0.766. The Morgan fingerprint density at radius 2 is 1.81 bits per heavy atom. The van der Waals surface area contributed by atoms with Crippen molar-refractivity contribution >= 4 is 11.4 Å². The molecule has 2 heteroatoms. The van der Waals surface area contributed by atoms with Crippen molar-refractivity contribution in [3.63, 3.8) is 0 Å². The molecule has 0 radical (unpaired) electrons. The van der Waals surface area contributed by atoms with Crippen LogP contribution >= 0.6 is 0 Å². The number of aryl methyl sites for hydroxylation is 1. The average Bonchev–Trinajstić information content (AvgIpc) is 2.15. The second-order valence-electron chi connectivity index (χ2n) is 5.36. The van der Waals surface area contributed by atoms with E-state index in [0.717, 1.165) is 30.6 Å². The number of piperidine rings is 1. The smallest absolute Gasteiger partial charge is 0.0629 e. The van der Waals surface area contributed by atoms with Gasteiger partial charge in [-0.05, 0) is 36.8 Å². The molecule has 1 fully saturated rings. The highest BCUT2D eigenvalue weighted by molar-refractivity contribution is 5.71. The third-order valence-corrected chi connectivity index (χ3v) is 3.45. The summed E-state index contributed by atoms with van der Waals surface area (Å²) in [5.74, 6) is 1.53. The molecule has 2 N–H and O–H groups in total. The first-order chi connectivity index (χ1) is 7.58. The van der Waals surface area contributed by atoms with Crippen molar-refractivity contribution in [3.8, 4) is 0 Å². The molecular weight excluding hydrogens is 196 g/mol. The van der Waals surface area contributed by atoms with Gasteiger partial charge < -0.3 is 10.6 Å². The number of nitrogen functional groups attached to an aromatic ring is 1. The van der Waals surface area contributed by atoms with Gasteiger partial charge in [0.25, 0.3) is 0 Å². The van der Waals surface area contributed by atoms with Crippen molar-refractivity contribution in [1.29, 1.82) is 0 Å². The highest BCUT2D eigenvalue weighted by Crippen LogP contribution is 2.32. The van der Waals surface area contributed by atoms with E-state index in [1.165, 1.54) is 17.7 Å². The Morgan fingerprint density at radius 1 is 1.19 bits per heavy atom. The van der Waals surface area contributed by atoms with Gasteiger partial charge in [0.2, 0.25) is 0 Å². The predicted octanol–water partition coefficient (Wildman–Crippen LogP) is 3.06. The number of para-hydroxylation sites is 1. The van der Waals surface area contributed by atoms with E-state index in [0.29, 0.717) is 0 Å². The first kappa shape index (κ1) is 11.3. The van der Waals surface area contributed by atoms with E-state index >= 15 is 0 Å². The molecule has 1 aliphatic heterocycles. The predicted molar refractivity (Wildman–Crippen MR) is 70.7 cm³/mol. The third kappa shape index (κ3) is 2.16. The number of rotatable bonds is 1. The molecule has 2 atom stereocenters. The minimum Gasteiger partial charge on any atom is -0.397 e. The zero-order valence-corrected chi connectivity index (χ0v) is 10.5. The standard InChI is InChI=1S/C14H22N2/c1-10-7-11(2)9-16(8-10)14-12(3)5-4-6-13(14)15/h4-6,10-11H,7-9,15H2,1-3H3. The van der Waals surface area contributed by atoms with Crippen LogP contribution < -0.4 is 10.6 Å². The van der Waals surface area contributed by atoms with E-state index in [1.807, 2.05) is 12.1 Å². The number of hydrogen-bond acceptors (Lipinski definition) is 2. The van der Waals surface area contributed by atoms with Crippen LogP contribution in [0.25, 0.3) is 0 Å². The van der Waals surface area contributed by atoms with Crippen molar-refractivity contribution in [1.82, 2.24) is 0 Å². The van der Waals surface area contributed by atoms with E-state index in [2.05, 4.69) is 31.7 Å². The second-order valence-corrected chi connectivity index (χ2v) is 5.36. The highest BCUT2D eigenvalue weighted by Gasteiger charge is 2.23. The lowest BCUT2D eigenvalue weighted by Crippen LogP contribution is -2.39. The van der Waals surface area contributed by atoms with Crippen LogP contribution in [0.2, 0.25) is 0 Å². The largest absolute Gasteiger partial charge is 0.397 e. The summed E-state index contributed by atoms with van der Waals surface area (Å²) in [5, 5.41) is 0. The zero-order valence-electron chi connectivity index (χ0n) is 10.5. The maximum atomic E-state index is 6.10. The Morgan fingerprint density at radius 3 is 2.38 bits per heavy atom. The zero-order chi connectivity index (χ0) is 11.7. The molecule has 0 aliphatic carbocycles. The summed E-state index contributed by atoms with van der Waals surface area (Å²) in [7, 11) is 0. The van der Waals surface area contributed by atoms with Crippen LogP contribution in [-0.4, -0.2) is 13.1 Å². The molecule has 1 aromatic rings. The van der Waals surface area contributed by atoms with Gasteiger partial charge in [-0.3, -0.25) is 0 Å². The van der Waals surface area contributed by atoms with Crippen molar-refractivity contribution in [2.24, 2.45) is 11.8 Å². The van der Waals surface area contributed by atoms with Crippen LogP contribution in [-0.2, 0) is 0 Å². The van der Waals surface area contributed by atoms with Gasteiger partial charge in [-0.1, -0.05) is 26.0 Å². The molecule has 1 saturated heterocycles. The van der Waals surface area contributed by atoms with Gasteiger partial charge in [0.15, 0.2) is 0 Å². The molecular formula is C14H22N2. The van der Waals surface area contributed by atoms with Crippen molar-refractivity contribution in [2.45, 2.75) is 27.2 Å². The number of nitrogens with two attached hydrogens (primary N) is 1. The van der Waals surface area contributed by atoms with Crippen LogP contribution in [0.1, 0.15) is 25.8 Å². The molecule has 16 heavy (non-hydrogen) atoms. The summed E-state index contributed by atoms with van der Waals surface area (Å²) < 4.78 is 0. The molecule has 88 valence electrons. The van der Waals surface area contributed by atoms with Crippen LogP contribution in [0, 0.1) is 18.8 Å². The summed E-state index contributed by atoms with van der Waals surface area (Å²) in [5.41, 5.74) is 9.56. The molecule has 1 aromatic carbocycles. The lowest BCUT2D eigenvalue weighted by atomic mass is 9.91. The summed E-state index contributed by atoms with van der Waals surface area (Å²) in [4.78, 5) is 2.46. The SMILES string of the molecule is Cc1cccc(N)c1N1CC(C)CC(C)C1. The summed E-state index contributed by atoms with van der Waals surface area (Å²) in [6.45, 7) is 9.09. The second kappa shape index (κ2) is 4.36. The van der Waals surface area contributed by atoms with Crippen molar-refractivity contribution in [2.75, 3.05) is 23.7 Å². The first-order valence-corrected chi connectivity index (χ1v) is 6.18. The molecule has 1 heterocycles. The van der Waals surface area contributed by atoms with E-state index < -0.39 is 0 Å². The van der Waals surface area contributed by atoms with E-state index in [4.69, 9.17) is 5.73 Å². The van der Waals surface area contributed by atoms with Crippen LogP contribution in [0.5, 0.6) is 0 Å². The maximum absolute atomic E-state index is 6.10. The molecule has 0 aromatic heterocycles. The molecule has 0 amide bonds. The Bertz CT molecular complexity index is 343. The van der Waals surface area contributed by atoms with Gasteiger partial charge in [0.1, 0.15) is 0 Å². The Kier molecular flexibility index (Phi) is 3.08. The fraction of sp³-hybridized carbons (Fsp3) is 0.571. The van der Waals surface area contributed by atoms with E-state index in [9.17, 15) is 0 Å². The number of anilines is 2. The van der Waals surface area contributed by atoms with Gasteiger partial charge in [-0.2, -0.15) is 0 Å². The normalized spacial score (nSPS) is 25.8. The Hall–Kier alpha value is -1.18. The molecule has 0 spiro atoms. The van der Waals surface area contributed by atoms with Gasteiger partial charge in [-0.15, -0.1) is 0 Å². The number of benzene rings is 1. The summed E-state index contributed by atoms with van der Waals surface area (Å²) in [6, 6.07) is 6.19. The molecule has 2 unspecified atom stereocenters. The topological polar surface area (TPSA) is 29.3 Å².